The summed E-state index contributed by atoms with van der Waals surface area (Å²) in [5.74, 6) is -0.758. The van der Waals surface area contributed by atoms with Crippen LogP contribution in [0.3, 0.4) is 0 Å². The van der Waals surface area contributed by atoms with Gasteiger partial charge in [-0.15, -0.1) is 11.3 Å². The Morgan fingerprint density at radius 2 is 1.95 bits per heavy atom. The van der Waals surface area contributed by atoms with E-state index in [9.17, 15) is 4.79 Å². The number of hydrogen-bond donors (Lipinski definition) is 2. The van der Waals surface area contributed by atoms with Gasteiger partial charge in [-0.3, -0.25) is 9.69 Å². The molecule has 4 nitrogen and oxygen atoms in total. The van der Waals surface area contributed by atoms with Crippen LogP contribution in [0.1, 0.15) is 43.4 Å². The van der Waals surface area contributed by atoms with Crippen molar-refractivity contribution in [2.75, 3.05) is 13.1 Å². The molecule has 0 unspecified atom stereocenters. The smallest absolute Gasteiger partial charge is 0.308 e. The molecule has 1 aliphatic rings. The van der Waals surface area contributed by atoms with Crippen LogP contribution in [0.25, 0.3) is 0 Å². The number of carbonyl (C=O) groups is 1. The summed E-state index contributed by atoms with van der Waals surface area (Å²) in [5, 5.41) is 12.4. The van der Waals surface area contributed by atoms with Crippen molar-refractivity contribution in [3.8, 4) is 0 Å². The second-order valence-electron chi connectivity index (χ2n) is 6.75. The summed E-state index contributed by atoms with van der Waals surface area (Å²) < 4.78 is 0. The van der Waals surface area contributed by atoms with Gasteiger partial charge in [0.05, 0.1) is 6.42 Å². The molecule has 1 aromatic rings. The zero-order valence-corrected chi connectivity index (χ0v) is 14.0. The second-order valence-corrected chi connectivity index (χ2v) is 8.00. The number of carboxylic acid groups (broad SMARTS) is 1. The van der Waals surface area contributed by atoms with Crippen LogP contribution in [0.2, 0.25) is 0 Å². The highest BCUT2D eigenvalue weighted by Crippen LogP contribution is 2.21. The summed E-state index contributed by atoms with van der Waals surface area (Å²) in [6.07, 6.45) is 2.50. The van der Waals surface area contributed by atoms with Gasteiger partial charge in [0, 0.05) is 41.0 Å². The van der Waals surface area contributed by atoms with Crippen LogP contribution in [-0.2, 0) is 17.8 Å². The number of aliphatic carboxylic acids is 1. The number of hydrogen-bond acceptors (Lipinski definition) is 4. The average molecular weight is 310 g/mol. The maximum Gasteiger partial charge on any atom is 0.308 e. The first-order valence-corrected chi connectivity index (χ1v) is 8.44. The predicted molar refractivity (Wildman–Crippen MR) is 86.8 cm³/mol. The molecule has 0 radical (unpaired) electrons. The lowest BCUT2D eigenvalue weighted by Gasteiger charge is -2.41. The van der Waals surface area contributed by atoms with Crippen LogP contribution in [-0.4, -0.2) is 40.6 Å². The molecule has 118 valence electrons. The van der Waals surface area contributed by atoms with Crippen molar-refractivity contribution in [2.45, 2.75) is 58.2 Å². The third kappa shape index (κ3) is 5.09. The first-order chi connectivity index (χ1) is 9.84. The highest BCUT2D eigenvalue weighted by Gasteiger charge is 2.26. The second kappa shape index (κ2) is 6.90. The molecule has 1 aliphatic heterocycles. The maximum atomic E-state index is 10.7. The van der Waals surface area contributed by atoms with Gasteiger partial charge in [0.2, 0.25) is 0 Å². The van der Waals surface area contributed by atoms with Crippen molar-refractivity contribution in [2.24, 2.45) is 0 Å². The quantitative estimate of drug-likeness (QED) is 0.878. The molecule has 1 saturated heterocycles. The predicted octanol–water partition coefficient (Wildman–Crippen LogP) is 2.73. The zero-order chi connectivity index (χ0) is 15.5. The van der Waals surface area contributed by atoms with Crippen molar-refractivity contribution in [3.05, 3.63) is 21.9 Å². The summed E-state index contributed by atoms with van der Waals surface area (Å²) >= 11 is 1.60. The number of thiophene rings is 1. The molecule has 0 atom stereocenters. The Hall–Kier alpha value is -0.910. The van der Waals surface area contributed by atoms with Gasteiger partial charge in [-0.25, -0.2) is 0 Å². The summed E-state index contributed by atoms with van der Waals surface area (Å²) in [4.78, 5) is 15.4. The molecule has 0 amide bonds. The van der Waals surface area contributed by atoms with E-state index in [-0.39, 0.29) is 12.0 Å². The minimum Gasteiger partial charge on any atom is -0.481 e. The van der Waals surface area contributed by atoms with E-state index in [1.54, 1.807) is 11.3 Å². The molecule has 2 heterocycles. The van der Waals surface area contributed by atoms with Crippen molar-refractivity contribution < 1.29 is 9.90 Å². The highest BCUT2D eigenvalue weighted by molar-refractivity contribution is 7.12. The molecule has 1 aromatic heterocycles. The van der Waals surface area contributed by atoms with Crippen molar-refractivity contribution in [1.82, 2.24) is 10.2 Å². The van der Waals surface area contributed by atoms with Crippen LogP contribution in [0, 0.1) is 0 Å². The van der Waals surface area contributed by atoms with E-state index in [2.05, 4.69) is 31.0 Å². The Kier molecular flexibility index (Phi) is 5.41. The first-order valence-electron chi connectivity index (χ1n) is 7.62. The lowest BCUT2D eigenvalue weighted by atomic mass is 9.98. The zero-order valence-electron chi connectivity index (χ0n) is 13.2. The topological polar surface area (TPSA) is 52.6 Å². The normalized spacial score (nSPS) is 18.0. The van der Waals surface area contributed by atoms with Crippen LogP contribution in [0.4, 0.5) is 0 Å². The van der Waals surface area contributed by atoms with Crippen molar-refractivity contribution >= 4 is 17.3 Å². The molecular weight excluding hydrogens is 284 g/mol. The molecule has 2 rings (SSSR count). The lowest BCUT2D eigenvalue weighted by Crippen LogP contribution is -2.49. The molecule has 0 aromatic carbocycles. The Balaban J connectivity index is 1.75. The van der Waals surface area contributed by atoms with Gasteiger partial charge in [0.25, 0.3) is 0 Å². The fraction of sp³-hybridized carbons (Fsp3) is 0.688. The van der Waals surface area contributed by atoms with Crippen LogP contribution in [0.5, 0.6) is 0 Å². The highest BCUT2D eigenvalue weighted by atomic mass is 32.1. The van der Waals surface area contributed by atoms with Gasteiger partial charge in [-0.05, 0) is 45.7 Å². The number of nitrogens with one attached hydrogen (secondary N) is 1. The van der Waals surface area contributed by atoms with E-state index in [0.29, 0.717) is 6.04 Å². The number of nitrogens with zero attached hydrogens (tertiary/aromatic N) is 1. The Morgan fingerprint density at radius 3 is 2.52 bits per heavy atom. The molecule has 1 fully saturated rings. The van der Waals surface area contributed by atoms with Gasteiger partial charge >= 0.3 is 5.97 Å². The summed E-state index contributed by atoms with van der Waals surface area (Å²) in [7, 11) is 0. The molecular formula is C16H26N2O2S. The maximum absolute atomic E-state index is 10.7. The average Bonchev–Trinajstić information content (AvgIpc) is 2.82. The molecule has 0 spiro atoms. The summed E-state index contributed by atoms with van der Waals surface area (Å²) in [5.41, 5.74) is 0.268. The van der Waals surface area contributed by atoms with Gasteiger partial charge in [0.1, 0.15) is 0 Å². The first kappa shape index (κ1) is 16.5. The standard InChI is InChI=1S/C16H26N2O2S/c1-16(2,3)18-8-6-12(7-9-18)17-11-14-5-4-13(21-14)10-15(19)20/h4-5,12,17H,6-11H2,1-3H3,(H,19,20). The van der Waals surface area contributed by atoms with E-state index in [1.165, 1.54) is 17.7 Å². The van der Waals surface area contributed by atoms with E-state index >= 15 is 0 Å². The lowest BCUT2D eigenvalue weighted by molar-refractivity contribution is -0.136. The van der Waals surface area contributed by atoms with Crippen LogP contribution in [0.15, 0.2) is 12.1 Å². The van der Waals surface area contributed by atoms with E-state index in [1.807, 2.05) is 12.1 Å². The van der Waals surface area contributed by atoms with E-state index < -0.39 is 5.97 Å². The fourth-order valence-corrected chi connectivity index (χ4v) is 3.72. The van der Waals surface area contributed by atoms with Crippen LogP contribution >= 0.6 is 11.3 Å². The van der Waals surface area contributed by atoms with Crippen molar-refractivity contribution in [3.63, 3.8) is 0 Å². The molecule has 0 bridgehead atoms. The molecule has 5 heteroatoms. The summed E-state index contributed by atoms with van der Waals surface area (Å²) in [6.45, 7) is 9.97. The monoisotopic (exact) mass is 310 g/mol. The van der Waals surface area contributed by atoms with Crippen molar-refractivity contribution in [1.29, 1.82) is 0 Å². The van der Waals surface area contributed by atoms with Gasteiger partial charge in [0.15, 0.2) is 0 Å². The molecule has 0 aliphatic carbocycles. The Labute approximate surface area is 131 Å². The summed E-state index contributed by atoms with van der Waals surface area (Å²) in [6, 6.07) is 4.55. The van der Waals surface area contributed by atoms with E-state index in [0.717, 1.165) is 24.5 Å². The van der Waals surface area contributed by atoms with E-state index in [4.69, 9.17) is 5.11 Å². The minimum absolute atomic E-state index is 0.134. The molecule has 21 heavy (non-hydrogen) atoms. The molecule has 0 saturated carbocycles. The van der Waals surface area contributed by atoms with Gasteiger partial charge in [-0.1, -0.05) is 0 Å². The largest absolute Gasteiger partial charge is 0.481 e. The minimum atomic E-state index is -0.758. The number of carboxylic acids is 1. The van der Waals surface area contributed by atoms with Gasteiger partial charge < -0.3 is 10.4 Å². The third-order valence-electron chi connectivity index (χ3n) is 4.05. The Morgan fingerprint density at radius 1 is 1.33 bits per heavy atom. The van der Waals surface area contributed by atoms with Gasteiger partial charge in [-0.2, -0.15) is 0 Å². The van der Waals surface area contributed by atoms with Crippen LogP contribution < -0.4 is 5.32 Å². The third-order valence-corrected chi connectivity index (χ3v) is 5.14. The molecule has 2 N–H and O–H groups in total. The number of likely N-dealkylation sites (tertiary alicyclic amines) is 1. The number of rotatable bonds is 5. The Bertz CT molecular complexity index is 471. The number of piperidine rings is 1. The fourth-order valence-electron chi connectivity index (χ4n) is 2.76. The SMILES string of the molecule is CC(C)(C)N1CCC(NCc2ccc(CC(=O)O)s2)CC1.